The first-order valence-electron chi connectivity index (χ1n) is 6.91. The fourth-order valence-corrected chi connectivity index (χ4v) is 4.90. The van der Waals surface area contributed by atoms with Crippen LogP contribution in [0.3, 0.4) is 0 Å². The van der Waals surface area contributed by atoms with Crippen molar-refractivity contribution in [1.29, 1.82) is 0 Å². The number of nitrogen functional groups attached to an aromatic ring is 1. The van der Waals surface area contributed by atoms with Crippen molar-refractivity contribution in [2.24, 2.45) is 0 Å². The quantitative estimate of drug-likeness (QED) is 0.832. The minimum atomic E-state index is -3.32. The lowest BCUT2D eigenvalue weighted by Gasteiger charge is -2.21. The molecule has 1 heterocycles. The second kappa shape index (κ2) is 5.79. The second-order valence-corrected chi connectivity index (χ2v) is 8.31. The van der Waals surface area contributed by atoms with Crippen molar-refractivity contribution in [2.75, 3.05) is 5.73 Å². The molecule has 21 heavy (non-hydrogen) atoms. The number of hydrogen-bond acceptors (Lipinski definition) is 4. The van der Waals surface area contributed by atoms with E-state index >= 15 is 0 Å². The molecule has 6 heteroatoms. The fraction of sp³-hybridized carbons (Fsp3) is 0.333. The van der Waals surface area contributed by atoms with Gasteiger partial charge in [0, 0.05) is 23.2 Å². The van der Waals surface area contributed by atoms with Gasteiger partial charge in [0.15, 0.2) is 0 Å². The summed E-state index contributed by atoms with van der Waals surface area (Å²) in [5.41, 5.74) is 7.07. The summed E-state index contributed by atoms with van der Waals surface area (Å²) in [5.74, 6) is 0.0138. The first kappa shape index (κ1) is 14.6. The van der Waals surface area contributed by atoms with Gasteiger partial charge in [0.25, 0.3) is 0 Å². The molecule has 1 aromatic carbocycles. The van der Waals surface area contributed by atoms with Gasteiger partial charge >= 0.3 is 0 Å². The fourth-order valence-electron chi connectivity index (χ4n) is 2.35. The molecular weight excluding hydrogens is 304 g/mol. The minimum Gasteiger partial charge on any atom is -0.399 e. The molecule has 1 aliphatic rings. The largest absolute Gasteiger partial charge is 0.399 e. The topological polar surface area (TPSA) is 63.4 Å². The SMILES string of the molecule is Nc1cccc(CS(=O)(=O)N(Cc2cccs2)C2CC2)c1. The summed E-state index contributed by atoms with van der Waals surface area (Å²) < 4.78 is 27.1. The number of nitrogens with two attached hydrogens (primary N) is 1. The van der Waals surface area contributed by atoms with Gasteiger partial charge < -0.3 is 5.73 Å². The van der Waals surface area contributed by atoms with Crippen molar-refractivity contribution < 1.29 is 8.42 Å². The van der Waals surface area contributed by atoms with Crippen molar-refractivity contribution in [3.63, 3.8) is 0 Å². The summed E-state index contributed by atoms with van der Waals surface area (Å²) in [6.45, 7) is 0.479. The number of rotatable bonds is 6. The van der Waals surface area contributed by atoms with Gasteiger partial charge in [-0.2, -0.15) is 4.31 Å². The Bertz CT molecular complexity index is 707. The van der Waals surface area contributed by atoms with Crippen LogP contribution in [0.25, 0.3) is 0 Å². The smallest absolute Gasteiger partial charge is 0.218 e. The number of benzene rings is 1. The van der Waals surface area contributed by atoms with Crippen LogP contribution in [0, 0.1) is 0 Å². The van der Waals surface area contributed by atoms with Crippen molar-refractivity contribution in [3.05, 3.63) is 52.2 Å². The Hall–Kier alpha value is -1.37. The van der Waals surface area contributed by atoms with Gasteiger partial charge in [-0.3, -0.25) is 0 Å². The first-order valence-corrected chi connectivity index (χ1v) is 9.40. The van der Waals surface area contributed by atoms with Crippen LogP contribution in [0.5, 0.6) is 0 Å². The Balaban J connectivity index is 1.80. The highest BCUT2D eigenvalue weighted by Gasteiger charge is 2.37. The lowest BCUT2D eigenvalue weighted by atomic mass is 10.2. The van der Waals surface area contributed by atoms with Crippen molar-refractivity contribution in [3.8, 4) is 0 Å². The van der Waals surface area contributed by atoms with Crippen molar-refractivity contribution in [1.82, 2.24) is 4.31 Å². The Labute approximate surface area is 129 Å². The Kier molecular flexibility index (Phi) is 4.01. The van der Waals surface area contributed by atoms with E-state index in [4.69, 9.17) is 5.73 Å². The van der Waals surface area contributed by atoms with Crippen LogP contribution >= 0.6 is 11.3 Å². The third-order valence-corrected chi connectivity index (χ3v) is 6.20. The van der Waals surface area contributed by atoms with Crippen LogP contribution < -0.4 is 5.73 Å². The third-order valence-electron chi connectivity index (χ3n) is 3.50. The van der Waals surface area contributed by atoms with E-state index in [0.717, 1.165) is 23.3 Å². The number of anilines is 1. The van der Waals surface area contributed by atoms with Crippen molar-refractivity contribution in [2.45, 2.75) is 31.2 Å². The maximum Gasteiger partial charge on any atom is 0.218 e. The van der Waals surface area contributed by atoms with Crippen LogP contribution in [0.1, 0.15) is 23.3 Å². The number of sulfonamides is 1. The molecule has 1 saturated carbocycles. The molecule has 112 valence electrons. The summed E-state index contributed by atoms with van der Waals surface area (Å²) in [7, 11) is -3.32. The zero-order valence-corrected chi connectivity index (χ0v) is 13.2. The van der Waals surface area contributed by atoms with Gasteiger partial charge in [-0.1, -0.05) is 18.2 Å². The molecule has 2 aromatic rings. The summed E-state index contributed by atoms with van der Waals surface area (Å²) in [4.78, 5) is 1.08. The number of thiophene rings is 1. The molecule has 1 aromatic heterocycles. The average molecular weight is 322 g/mol. The van der Waals surface area contributed by atoms with Crippen LogP contribution in [0.2, 0.25) is 0 Å². The average Bonchev–Trinajstić information content (AvgIpc) is 3.11. The standard InChI is InChI=1S/C15H18N2O2S2/c16-13-4-1-3-12(9-13)11-21(18,19)17(14-6-7-14)10-15-5-2-8-20-15/h1-5,8-9,14H,6-7,10-11,16H2. The van der Waals surface area contributed by atoms with E-state index in [0.29, 0.717) is 12.2 Å². The van der Waals surface area contributed by atoms with Gasteiger partial charge in [0.05, 0.1) is 5.75 Å². The van der Waals surface area contributed by atoms with Crippen LogP contribution in [-0.2, 0) is 22.3 Å². The molecule has 0 unspecified atom stereocenters. The predicted octanol–water partition coefficient (Wildman–Crippen LogP) is 2.82. The number of nitrogens with zero attached hydrogens (tertiary/aromatic N) is 1. The van der Waals surface area contributed by atoms with Crippen LogP contribution in [-0.4, -0.2) is 18.8 Å². The second-order valence-electron chi connectivity index (χ2n) is 5.36. The summed E-state index contributed by atoms with van der Waals surface area (Å²) in [6.07, 6.45) is 1.92. The van der Waals surface area contributed by atoms with Gasteiger partial charge in [0.2, 0.25) is 10.0 Å². The monoisotopic (exact) mass is 322 g/mol. The normalized spacial score (nSPS) is 15.5. The van der Waals surface area contributed by atoms with E-state index in [1.54, 1.807) is 33.8 Å². The molecule has 1 aliphatic carbocycles. The van der Waals surface area contributed by atoms with Gasteiger partial charge in [-0.15, -0.1) is 11.3 Å². The zero-order valence-electron chi connectivity index (χ0n) is 11.6. The van der Waals surface area contributed by atoms with Gasteiger partial charge in [-0.05, 0) is 42.0 Å². The van der Waals surface area contributed by atoms with E-state index in [1.807, 2.05) is 23.6 Å². The summed E-state index contributed by atoms with van der Waals surface area (Å²) in [5, 5.41) is 1.98. The molecule has 3 rings (SSSR count). The molecule has 1 fully saturated rings. The highest BCUT2D eigenvalue weighted by Crippen LogP contribution is 2.32. The maximum absolute atomic E-state index is 12.7. The van der Waals surface area contributed by atoms with E-state index in [-0.39, 0.29) is 11.8 Å². The Morgan fingerprint density at radius 3 is 2.67 bits per heavy atom. The zero-order chi connectivity index (χ0) is 14.9. The molecule has 2 N–H and O–H groups in total. The summed E-state index contributed by atoms with van der Waals surface area (Å²) >= 11 is 1.60. The van der Waals surface area contributed by atoms with E-state index in [9.17, 15) is 8.42 Å². The molecule has 0 bridgehead atoms. The predicted molar refractivity (Wildman–Crippen MR) is 86.4 cm³/mol. The molecule has 0 spiro atoms. The maximum atomic E-state index is 12.7. The lowest BCUT2D eigenvalue weighted by Crippen LogP contribution is -2.33. The van der Waals surface area contributed by atoms with Crippen LogP contribution in [0.15, 0.2) is 41.8 Å². The molecule has 0 atom stereocenters. The minimum absolute atomic E-state index is 0.0138. The summed E-state index contributed by atoms with van der Waals surface area (Å²) in [6, 6.07) is 11.2. The van der Waals surface area contributed by atoms with Crippen LogP contribution in [0.4, 0.5) is 5.69 Å². The molecule has 0 amide bonds. The van der Waals surface area contributed by atoms with E-state index in [1.165, 1.54) is 0 Å². The van der Waals surface area contributed by atoms with Gasteiger partial charge in [0.1, 0.15) is 0 Å². The highest BCUT2D eigenvalue weighted by molar-refractivity contribution is 7.88. The molecule has 0 saturated heterocycles. The highest BCUT2D eigenvalue weighted by atomic mass is 32.2. The third kappa shape index (κ3) is 3.64. The van der Waals surface area contributed by atoms with Crippen molar-refractivity contribution >= 4 is 27.0 Å². The van der Waals surface area contributed by atoms with Gasteiger partial charge in [-0.25, -0.2) is 8.42 Å². The molecule has 0 radical (unpaired) electrons. The molecule has 4 nitrogen and oxygen atoms in total. The van der Waals surface area contributed by atoms with E-state index in [2.05, 4.69) is 0 Å². The van der Waals surface area contributed by atoms with E-state index < -0.39 is 10.0 Å². The Morgan fingerprint density at radius 1 is 1.24 bits per heavy atom. The molecule has 0 aliphatic heterocycles. The Morgan fingerprint density at radius 2 is 2.05 bits per heavy atom. The molecular formula is C15H18N2O2S2. The first-order chi connectivity index (χ1) is 10.0. The lowest BCUT2D eigenvalue weighted by molar-refractivity contribution is 0.401. The number of hydrogen-bond donors (Lipinski definition) is 1.